The number of halogens is 1. The van der Waals surface area contributed by atoms with Crippen LogP contribution in [0.3, 0.4) is 0 Å². The zero-order valence-electron chi connectivity index (χ0n) is 7.57. The normalized spacial score (nSPS) is 15.8. The molecule has 1 aliphatic heterocycles. The number of rotatable bonds is 1. The van der Waals surface area contributed by atoms with Gasteiger partial charge in [0.2, 0.25) is 0 Å². The predicted molar refractivity (Wildman–Crippen MR) is 52.7 cm³/mol. The van der Waals surface area contributed by atoms with E-state index in [4.69, 9.17) is 5.73 Å². The Bertz CT molecular complexity index is 271. The van der Waals surface area contributed by atoms with Crippen molar-refractivity contribution in [3.63, 3.8) is 0 Å². The molecule has 0 saturated heterocycles. The van der Waals surface area contributed by atoms with Crippen LogP contribution in [0.15, 0.2) is 0 Å². The van der Waals surface area contributed by atoms with Gasteiger partial charge in [0.25, 0.3) is 0 Å². The Hall–Kier alpha value is -0.610. The van der Waals surface area contributed by atoms with E-state index in [1.807, 2.05) is 0 Å². The third kappa shape index (κ3) is 2.00. The fraction of sp³-hybridized carbons (Fsp3) is 0.750. The summed E-state index contributed by atoms with van der Waals surface area (Å²) < 4.78 is 2.17. The molecule has 5 heteroatoms. The van der Waals surface area contributed by atoms with Crippen LogP contribution in [0.2, 0.25) is 0 Å². The highest BCUT2D eigenvalue weighted by Gasteiger charge is 2.12. The highest BCUT2D eigenvalue weighted by molar-refractivity contribution is 5.85. The van der Waals surface area contributed by atoms with Crippen LogP contribution < -0.4 is 5.73 Å². The van der Waals surface area contributed by atoms with Gasteiger partial charge >= 0.3 is 0 Å². The molecule has 2 N–H and O–H groups in total. The molecule has 1 aromatic heterocycles. The Morgan fingerprint density at radius 1 is 1.23 bits per heavy atom. The van der Waals surface area contributed by atoms with E-state index in [1.165, 1.54) is 19.3 Å². The Kier molecular flexibility index (Phi) is 3.69. The molecular formula is C8H15ClN4. The second-order valence-electron chi connectivity index (χ2n) is 3.20. The second kappa shape index (κ2) is 4.58. The molecule has 0 saturated carbocycles. The summed E-state index contributed by atoms with van der Waals surface area (Å²) in [5, 5.41) is 8.17. The van der Waals surface area contributed by atoms with Crippen molar-refractivity contribution < 1.29 is 0 Å². The Morgan fingerprint density at radius 3 is 2.85 bits per heavy atom. The molecular weight excluding hydrogens is 188 g/mol. The first-order chi connectivity index (χ1) is 5.92. The molecule has 0 fully saturated rings. The third-order valence-corrected chi connectivity index (χ3v) is 2.37. The van der Waals surface area contributed by atoms with Gasteiger partial charge in [0, 0.05) is 13.0 Å². The summed E-state index contributed by atoms with van der Waals surface area (Å²) in [6.07, 6.45) is 4.83. The molecule has 0 unspecified atom stereocenters. The van der Waals surface area contributed by atoms with E-state index < -0.39 is 0 Å². The van der Waals surface area contributed by atoms with Crippen molar-refractivity contribution in [2.24, 2.45) is 5.73 Å². The molecule has 4 nitrogen and oxygen atoms in total. The Morgan fingerprint density at radius 2 is 2.08 bits per heavy atom. The van der Waals surface area contributed by atoms with Crippen molar-refractivity contribution in [3.05, 3.63) is 11.6 Å². The number of hydrogen-bond donors (Lipinski definition) is 1. The summed E-state index contributed by atoms with van der Waals surface area (Å²) in [4.78, 5) is 0. The van der Waals surface area contributed by atoms with Gasteiger partial charge in [-0.2, -0.15) is 0 Å². The lowest BCUT2D eigenvalue weighted by molar-refractivity contribution is 0.606. The highest BCUT2D eigenvalue weighted by Crippen LogP contribution is 2.13. The zero-order valence-corrected chi connectivity index (χ0v) is 8.39. The average molecular weight is 203 g/mol. The first kappa shape index (κ1) is 10.5. The summed E-state index contributed by atoms with van der Waals surface area (Å²) in [6.45, 7) is 1.56. The van der Waals surface area contributed by atoms with Crippen molar-refractivity contribution in [2.45, 2.75) is 38.8 Å². The van der Waals surface area contributed by atoms with E-state index in [2.05, 4.69) is 14.8 Å². The Balaban J connectivity index is 0.000000845. The van der Waals surface area contributed by atoms with Gasteiger partial charge in [-0.05, 0) is 12.8 Å². The van der Waals surface area contributed by atoms with Gasteiger partial charge in [-0.1, -0.05) is 6.42 Å². The number of fused-ring (bicyclic) bond motifs is 1. The SMILES string of the molecule is Cl.NCc1nnc2n1CCCCC2. The number of nitrogens with two attached hydrogens (primary N) is 1. The first-order valence-corrected chi connectivity index (χ1v) is 4.53. The summed E-state index contributed by atoms with van der Waals surface area (Å²) in [6, 6.07) is 0. The van der Waals surface area contributed by atoms with Crippen LogP contribution in [0.1, 0.15) is 30.9 Å². The van der Waals surface area contributed by atoms with Crippen LogP contribution in [0.25, 0.3) is 0 Å². The lowest BCUT2D eigenvalue weighted by atomic mass is 10.2. The number of nitrogens with zero attached hydrogens (tertiary/aromatic N) is 3. The van der Waals surface area contributed by atoms with E-state index in [0.717, 1.165) is 24.6 Å². The molecule has 1 aromatic rings. The van der Waals surface area contributed by atoms with Crippen molar-refractivity contribution in [1.82, 2.24) is 14.8 Å². The maximum Gasteiger partial charge on any atom is 0.146 e. The van der Waals surface area contributed by atoms with Crippen LogP contribution in [0.4, 0.5) is 0 Å². The number of aryl methyl sites for hydroxylation is 1. The molecule has 74 valence electrons. The molecule has 13 heavy (non-hydrogen) atoms. The molecule has 2 heterocycles. The first-order valence-electron chi connectivity index (χ1n) is 4.53. The summed E-state index contributed by atoms with van der Waals surface area (Å²) in [5.74, 6) is 2.06. The number of aromatic nitrogens is 3. The van der Waals surface area contributed by atoms with Crippen molar-refractivity contribution in [3.8, 4) is 0 Å². The van der Waals surface area contributed by atoms with Crippen LogP contribution in [-0.2, 0) is 19.5 Å². The van der Waals surface area contributed by atoms with Crippen molar-refractivity contribution in [2.75, 3.05) is 0 Å². The summed E-state index contributed by atoms with van der Waals surface area (Å²) in [5.41, 5.74) is 5.55. The summed E-state index contributed by atoms with van der Waals surface area (Å²) >= 11 is 0. The maximum absolute atomic E-state index is 5.55. The van der Waals surface area contributed by atoms with Crippen LogP contribution >= 0.6 is 12.4 Å². The maximum atomic E-state index is 5.55. The van der Waals surface area contributed by atoms with E-state index in [9.17, 15) is 0 Å². The minimum absolute atomic E-state index is 0. The quantitative estimate of drug-likeness (QED) is 0.736. The minimum atomic E-state index is 0. The van der Waals surface area contributed by atoms with Gasteiger partial charge in [0.15, 0.2) is 0 Å². The monoisotopic (exact) mass is 202 g/mol. The second-order valence-corrected chi connectivity index (χ2v) is 3.20. The molecule has 0 aliphatic carbocycles. The fourth-order valence-electron chi connectivity index (χ4n) is 1.70. The molecule has 0 amide bonds. The molecule has 2 rings (SSSR count). The molecule has 0 spiro atoms. The van der Waals surface area contributed by atoms with Gasteiger partial charge in [0.05, 0.1) is 6.54 Å². The average Bonchev–Trinajstić information content (AvgIpc) is 2.33. The third-order valence-electron chi connectivity index (χ3n) is 2.37. The van der Waals surface area contributed by atoms with E-state index in [-0.39, 0.29) is 12.4 Å². The summed E-state index contributed by atoms with van der Waals surface area (Å²) in [7, 11) is 0. The van der Waals surface area contributed by atoms with Crippen molar-refractivity contribution >= 4 is 12.4 Å². The lowest BCUT2D eigenvalue weighted by Gasteiger charge is -2.03. The molecule has 0 atom stereocenters. The van der Waals surface area contributed by atoms with Crippen molar-refractivity contribution in [1.29, 1.82) is 0 Å². The lowest BCUT2D eigenvalue weighted by Crippen LogP contribution is -2.09. The fourth-order valence-corrected chi connectivity index (χ4v) is 1.70. The topological polar surface area (TPSA) is 56.7 Å². The minimum Gasteiger partial charge on any atom is -0.324 e. The Labute approximate surface area is 83.9 Å². The van der Waals surface area contributed by atoms with E-state index in [1.54, 1.807) is 0 Å². The van der Waals surface area contributed by atoms with Crippen LogP contribution in [0.5, 0.6) is 0 Å². The molecule has 1 aliphatic rings. The van der Waals surface area contributed by atoms with Gasteiger partial charge < -0.3 is 10.3 Å². The van der Waals surface area contributed by atoms with Gasteiger partial charge in [-0.15, -0.1) is 22.6 Å². The van der Waals surface area contributed by atoms with Gasteiger partial charge in [-0.25, -0.2) is 0 Å². The molecule has 0 aromatic carbocycles. The molecule has 0 bridgehead atoms. The smallest absolute Gasteiger partial charge is 0.146 e. The number of hydrogen-bond acceptors (Lipinski definition) is 3. The predicted octanol–water partition coefficient (Wildman–Crippen LogP) is 0.885. The van der Waals surface area contributed by atoms with Crippen LogP contribution in [-0.4, -0.2) is 14.8 Å². The highest BCUT2D eigenvalue weighted by atomic mass is 35.5. The molecule has 0 radical (unpaired) electrons. The zero-order chi connectivity index (χ0) is 8.39. The van der Waals surface area contributed by atoms with Gasteiger partial charge in [-0.3, -0.25) is 0 Å². The largest absolute Gasteiger partial charge is 0.324 e. The van der Waals surface area contributed by atoms with Crippen LogP contribution in [0, 0.1) is 0 Å². The van der Waals surface area contributed by atoms with E-state index >= 15 is 0 Å². The standard InChI is InChI=1S/C8H14N4.ClH/c9-6-8-11-10-7-4-2-1-3-5-12(7)8;/h1-6,9H2;1H. The van der Waals surface area contributed by atoms with Gasteiger partial charge in [0.1, 0.15) is 11.6 Å². The van der Waals surface area contributed by atoms with E-state index in [0.29, 0.717) is 6.54 Å².